The first-order chi connectivity index (χ1) is 14.5. The molecule has 0 spiro atoms. The summed E-state index contributed by atoms with van der Waals surface area (Å²) in [6.45, 7) is -0.272. The van der Waals surface area contributed by atoms with E-state index in [1.165, 1.54) is 11.3 Å². The molecule has 2 N–H and O–H groups in total. The van der Waals surface area contributed by atoms with Gasteiger partial charge in [0.1, 0.15) is 17.3 Å². The van der Waals surface area contributed by atoms with Crippen LogP contribution < -0.4 is 20.2 Å². The smallest absolute Gasteiger partial charge is 0.276 e. The summed E-state index contributed by atoms with van der Waals surface area (Å²) in [6, 6.07) is 15.6. The number of nitrogens with zero attached hydrogens (tertiary/aromatic N) is 1. The van der Waals surface area contributed by atoms with Gasteiger partial charge in [0.25, 0.3) is 11.8 Å². The van der Waals surface area contributed by atoms with Crippen LogP contribution in [0.5, 0.6) is 11.5 Å². The summed E-state index contributed by atoms with van der Waals surface area (Å²) in [4.78, 5) is 25.6. The van der Waals surface area contributed by atoms with E-state index in [0.717, 1.165) is 4.47 Å². The van der Waals surface area contributed by atoms with Crippen LogP contribution in [0, 0.1) is 0 Å². The highest BCUT2D eigenvalue weighted by atomic mass is 79.9. The largest absolute Gasteiger partial charge is 0.497 e. The van der Waals surface area contributed by atoms with Crippen molar-refractivity contribution >= 4 is 33.4 Å². The van der Waals surface area contributed by atoms with Crippen LogP contribution in [-0.2, 0) is 4.79 Å². The van der Waals surface area contributed by atoms with E-state index >= 15 is 0 Å². The number of carbonyl (C=O) groups is 2. The van der Waals surface area contributed by atoms with Gasteiger partial charge in [0, 0.05) is 10.2 Å². The van der Waals surface area contributed by atoms with Crippen LogP contribution in [0.2, 0.25) is 0 Å². The van der Waals surface area contributed by atoms with Crippen molar-refractivity contribution in [1.29, 1.82) is 0 Å². The number of hydrogen-bond acceptors (Lipinski definition) is 6. The van der Waals surface area contributed by atoms with E-state index < -0.39 is 12.1 Å². The monoisotopic (exact) mass is 471 g/mol. The first-order valence-corrected chi connectivity index (χ1v) is 9.84. The molecule has 2 amide bonds. The Kier molecular flexibility index (Phi) is 5.62. The number of nitrogens with one attached hydrogen (secondary N) is 2. The Bertz CT molecular complexity index is 1050. The van der Waals surface area contributed by atoms with Gasteiger partial charge in [-0.05, 0) is 54.6 Å². The number of carbonyl (C=O) groups excluding carboxylic acids is 2. The minimum atomic E-state index is -0.703. The number of anilines is 1. The molecule has 4 rings (SSSR count). The Morgan fingerprint density at radius 1 is 1.20 bits per heavy atom. The second-order valence-corrected chi connectivity index (χ2v) is 7.34. The van der Waals surface area contributed by atoms with Crippen molar-refractivity contribution in [2.75, 3.05) is 19.0 Å². The highest BCUT2D eigenvalue weighted by Crippen LogP contribution is 2.33. The van der Waals surface area contributed by atoms with Gasteiger partial charge in [-0.2, -0.15) is 0 Å². The molecule has 3 aromatic rings. The van der Waals surface area contributed by atoms with Gasteiger partial charge in [-0.1, -0.05) is 15.9 Å². The first-order valence-electron chi connectivity index (χ1n) is 9.04. The fourth-order valence-electron chi connectivity index (χ4n) is 3.03. The van der Waals surface area contributed by atoms with Gasteiger partial charge in [-0.25, -0.2) is 5.01 Å². The summed E-state index contributed by atoms with van der Waals surface area (Å²) < 4.78 is 16.8. The van der Waals surface area contributed by atoms with Crippen molar-refractivity contribution in [3.05, 3.63) is 76.7 Å². The lowest BCUT2D eigenvalue weighted by atomic mass is 10.1. The topological polar surface area (TPSA) is 93.0 Å². The third-order valence-corrected chi connectivity index (χ3v) is 4.96. The molecule has 154 valence electrons. The van der Waals surface area contributed by atoms with Gasteiger partial charge in [0.2, 0.25) is 0 Å². The van der Waals surface area contributed by atoms with Crippen molar-refractivity contribution < 1.29 is 23.5 Å². The number of rotatable bonds is 6. The Morgan fingerprint density at radius 2 is 1.97 bits per heavy atom. The molecule has 0 fully saturated rings. The SMILES string of the molecule is COc1ccc(OCC(=O)NN2C(=O)c3cc(Br)ccc3NC2c2ccco2)cc1. The van der Waals surface area contributed by atoms with Crippen LogP contribution in [-0.4, -0.2) is 30.5 Å². The first kappa shape index (κ1) is 19.8. The van der Waals surface area contributed by atoms with E-state index in [9.17, 15) is 9.59 Å². The fraction of sp³-hybridized carbons (Fsp3) is 0.143. The highest BCUT2D eigenvalue weighted by Gasteiger charge is 2.36. The van der Waals surface area contributed by atoms with E-state index in [0.29, 0.717) is 28.5 Å². The van der Waals surface area contributed by atoms with Gasteiger partial charge < -0.3 is 19.2 Å². The molecule has 2 heterocycles. The lowest BCUT2D eigenvalue weighted by Gasteiger charge is -2.36. The summed E-state index contributed by atoms with van der Waals surface area (Å²) in [5.41, 5.74) is 3.68. The number of ether oxygens (including phenoxy) is 2. The molecule has 2 aromatic carbocycles. The number of hydrogen-bond donors (Lipinski definition) is 2. The second-order valence-electron chi connectivity index (χ2n) is 6.43. The van der Waals surface area contributed by atoms with Crippen molar-refractivity contribution in [3.63, 3.8) is 0 Å². The van der Waals surface area contributed by atoms with Crippen molar-refractivity contribution in [2.24, 2.45) is 0 Å². The Morgan fingerprint density at radius 3 is 2.67 bits per heavy atom. The van der Waals surface area contributed by atoms with E-state index in [4.69, 9.17) is 13.9 Å². The van der Waals surface area contributed by atoms with Crippen LogP contribution in [0.25, 0.3) is 0 Å². The van der Waals surface area contributed by atoms with Gasteiger partial charge in [-0.15, -0.1) is 0 Å². The quantitative estimate of drug-likeness (QED) is 0.568. The molecule has 0 radical (unpaired) electrons. The van der Waals surface area contributed by atoms with Crippen molar-refractivity contribution in [2.45, 2.75) is 6.17 Å². The molecule has 1 unspecified atom stereocenters. The van der Waals surface area contributed by atoms with Crippen LogP contribution in [0.4, 0.5) is 5.69 Å². The number of halogens is 1. The van der Waals surface area contributed by atoms with Crippen molar-refractivity contribution in [3.8, 4) is 11.5 Å². The maximum atomic E-state index is 13.1. The third kappa shape index (κ3) is 4.11. The van der Waals surface area contributed by atoms with E-state index in [-0.39, 0.29) is 12.5 Å². The van der Waals surface area contributed by atoms with E-state index in [1.807, 2.05) is 6.07 Å². The lowest BCUT2D eigenvalue weighted by molar-refractivity contribution is -0.127. The predicted octanol–water partition coefficient (Wildman–Crippen LogP) is 3.73. The molecule has 30 heavy (non-hydrogen) atoms. The number of fused-ring (bicyclic) bond motifs is 1. The Labute approximate surface area is 180 Å². The lowest BCUT2D eigenvalue weighted by Crippen LogP contribution is -2.53. The fourth-order valence-corrected chi connectivity index (χ4v) is 3.39. The summed E-state index contributed by atoms with van der Waals surface area (Å²) in [5.74, 6) is 0.808. The van der Waals surface area contributed by atoms with E-state index in [1.54, 1.807) is 55.6 Å². The maximum Gasteiger partial charge on any atom is 0.276 e. The zero-order valence-corrected chi connectivity index (χ0v) is 17.5. The Hall–Kier alpha value is -3.46. The summed E-state index contributed by atoms with van der Waals surface area (Å²) >= 11 is 3.37. The third-order valence-electron chi connectivity index (χ3n) is 4.47. The van der Waals surface area contributed by atoms with Gasteiger partial charge in [0.15, 0.2) is 12.8 Å². The van der Waals surface area contributed by atoms with Crippen LogP contribution >= 0.6 is 15.9 Å². The van der Waals surface area contributed by atoms with Gasteiger partial charge >= 0.3 is 0 Å². The Balaban J connectivity index is 1.50. The molecular weight excluding hydrogens is 454 g/mol. The van der Waals surface area contributed by atoms with Crippen LogP contribution in [0.3, 0.4) is 0 Å². The number of amides is 2. The standard InChI is InChI=1S/C21H18BrN3O5/c1-28-14-5-7-15(8-6-14)30-12-19(26)24-25-20(18-3-2-10-29-18)23-17-9-4-13(22)11-16(17)21(25)27/h2-11,20,23H,12H2,1H3,(H,24,26). The molecule has 9 heteroatoms. The molecule has 0 aliphatic carbocycles. The minimum Gasteiger partial charge on any atom is -0.497 e. The van der Waals surface area contributed by atoms with Crippen LogP contribution in [0.15, 0.2) is 69.8 Å². The number of benzene rings is 2. The number of methoxy groups -OCH3 is 1. The molecule has 1 aliphatic heterocycles. The zero-order chi connectivity index (χ0) is 21.1. The van der Waals surface area contributed by atoms with E-state index in [2.05, 4.69) is 26.7 Å². The predicted molar refractivity (Wildman–Crippen MR) is 112 cm³/mol. The zero-order valence-electron chi connectivity index (χ0n) is 15.9. The van der Waals surface area contributed by atoms with Crippen LogP contribution in [0.1, 0.15) is 22.3 Å². The molecule has 0 bridgehead atoms. The molecule has 1 aromatic heterocycles. The molecule has 8 nitrogen and oxygen atoms in total. The van der Waals surface area contributed by atoms with Gasteiger partial charge in [-0.3, -0.25) is 15.0 Å². The highest BCUT2D eigenvalue weighted by molar-refractivity contribution is 9.10. The molecule has 0 saturated heterocycles. The number of hydrazine groups is 1. The number of furan rings is 1. The second kappa shape index (κ2) is 8.50. The molecule has 1 atom stereocenters. The maximum absolute atomic E-state index is 13.1. The molecule has 1 aliphatic rings. The average molecular weight is 472 g/mol. The van der Waals surface area contributed by atoms with Gasteiger partial charge in [0.05, 0.1) is 18.9 Å². The summed E-state index contributed by atoms with van der Waals surface area (Å²) in [6.07, 6.45) is 0.803. The molecular formula is C21H18BrN3O5. The average Bonchev–Trinajstić information content (AvgIpc) is 3.29. The molecule has 0 saturated carbocycles. The normalized spacial score (nSPS) is 15.2. The summed E-state index contributed by atoms with van der Waals surface area (Å²) in [7, 11) is 1.57. The summed E-state index contributed by atoms with van der Waals surface area (Å²) in [5, 5.41) is 4.42. The minimum absolute atomic E-state index is 0.272. The van der Waals surface area contributed by atoms with Crippen molar-refractivity contribution in [1.82, 2.24) is 10.4 Å².